The van der Waals surface area contributed by atoms with Gasteiger partial charge in [-0.05, 0) is 73.2 Å². The Hall–Kier alpha value is -0.240. The van der Waals surface area contributed by atoms with Gasteiger partial charge >= 0.3 is 0 Å². The molecule has 1 fully saturated rings. The fourth-order valence-corrected chi connectivity index (χ4v) is 5.96. The van der Waals surface area contributed by atoms with Crippen LogP contribution in [-0.4, -0.2) is 45.2 Å². The van der Waals surface area contributed by atoms with Crippen molar-refractivity contribution in [2.24, 2.45) is 16.2 Å². The number of aryl methyl sites for hydroxylation is 1. The molecule has 1 aromatic carbocycles. The Bertz CT molecular complexity index is 723. The van der Waals surface area contributed by atoms with Crippen molar-refractivity contribution in [3.63, 3.8) is 0 Å². The molecule has 0 spiro atoms. The molecule has 2 rings (SSSR count). The Morgan fingerprint density at radius 2 is 1.39 bits per heavy atom. The van der Waals surface area contributed by atoms with E-state index in [1.165, 1.54) is 49.2 Å². The number of rotatable bonds is 13. The summed E-state index contributed by atoms with van der Waals surface area (Å²) in [6.45, 7) is 24.4. The van der Waals surface area contributed by atoms with Crippen LogP contribution >= 0.6 is 21.6 Å². The second kappa shape index (κ2) is 22.3. The molecule has 1 unspecified atom stereocenters. The average molecular weight is 615 g/mol. The minimum atomic E-state index is -0.258. The molecule has 0 amide bonds. The summed E-state index contributed by atoms with van der Waals surface area (Å²) >= 11 is 0. The smallest absolute Gasteiger partial charge is 0.183 e. The first-order valence-corrected chi connectivity index (χ1v) is 18.2. The molecule has 4 nitrogen and oxygen atoms in total. The highest BCUT2D eigenvalue weighted by Crippen LogP contribution is 2.27. The van der Waals surface area contributed by atoms with Gasteiger partial charge in [0.25, 0.3) is 0 Å². The zero-order valence-corrected chi connectivity index (χ0v) is 30.5. The molecule has 1 heterocycles. The lowest BCUT2D eigenvalue weighted by Gasteiger charge is -2.23. The first kappa shape index (κ1) is 40.8. The molecule has 41 heavy (non-hydrogen) atoms. The fraction of sp³-hybridized carbons (Fsp3) is 0.829. The van der Waals surface area contributed by atoms with E-state index in [2.05, 4.69) is 93.5 Å². The number of methoxy groups -OCH3 is 2. The molecule has 6 heteroatoms. The lowest BCUT2D eigenvalue weighted by atomic mass is 9.88. The topological polar surface area (TPSA) is 36.9 Å². The number of benzene rings is 1. The van der Waals surface area contributed by atoms with E-state index in [1.54, 1.807) is 14.2 Å². The van der Waals surface area contributed by atoms with Crippen LogP contribution in [0, 0.1) is 16.2 Å². The van der Waals surface area contributed by atoms with Crippen LogP contribution in [0.3, 0.4) is 0 Å². The van der Waals surface area contributed by atoms with E-state index in [9.17, 15) is 0 Å². The zero-order valence-electron chi connectivity index (χ0n) is 28.9. The van der Waals surface area contributed by atoms with E-state index in [0.717, 1.165) is 38.0 Å². The lowest BCUT2D eigenvalue weighted by Crippen LogP contribution is -2.23. The van der Waals surface area contributed by atoms with Crippen LogP contribution in [-0.2, 0) is 25.4 Å². The predicted octanol–water partition coefficient (Wildman–Crippen LogP) is 11.1. The van der Waals surface area contributed by atoms with Crippen LogP contribution in [0.5, 0.6) is 0 Å². The average Bonchev–Trinajstić information content (AvgIpc) is 2.89. The van der Waals surface area contributed by atoms with Crippen molar-refractivity contribution >= 4 is 21.6 Å². The Balaban J connectivity index is 0.000000607. The molecule has 1 aliphatic rings. The summed E-state index contributed by atoms with van der Waals surface area (Å²) in [6, 6.07) is 8.48. The van der Waals surface area contributed by atoms with Gasteiger partial charge in [0.2, 0.25) is 0 Å². The van der Waals surface area contributed by atoms with Crippen molar-refractivity contribution in [2.45, 2.75) is 133 Å². The highest BCUT2D eigenvalue weighted by Gasteiger charge is 2.15. The molecule has 0 aromatic heterocycles. The van der Waals surface area contributed by atoms with E-state index in [1.807, 2.05) is 21.6 Å². The summed E-state index contributed by atoms with van der Waals surface area (Å²) in [4.78, 5) is 0. The first-order valence-electron chi connectivity index (χ1n) is 15.7. The summed E-state index contributed by atoms with van der Waals surface area (Å²) in [7, 11) is 7.27. The third kappa shape index (κ3) is 25.9. The summed E-state index contributed by atoms with van der Waals surface area (Å²) in [5.41, 5.74) is 3.77. The second-order valence-electron chi connectivity index (χ2n) is 14.5. The van der Waals surface area contributed by atoms with Crippen LogP contribution in [0.4, 0.5) is 0 Å². The highest BCUT2D eigenvalue weighted by atomic mass is 33.1. The van der Waals surface area contributed by atoms with Crippen molar-refractivity contribution in [2.75, 3.05) is 38.9 Å². The molecular formula is C35H66O4S2. The van der Waals surface area contributed by atoms with Gasteiger partial charge in [0.15, 0.2) is 12.6 Å². The van der Waals surface area contributed by atoms with Gasteiger partial charge in [-0.1, -0.05) is 115 Å². The zero-order chi connectivity index (χ0) is 31.4. The molecule has 1 atom stereocenters. The summed E-state index contributed by atoms with van der Waals surface area (Å²) in [6.07, 6.45) is 9.36. The SMILES string of the molecule is CC(C)(C)CCCOC1CCCCO1.CCSSCCC(C)(C)C.COC(OC)c1ccc(CCC(C)(C)C)cc1. The Labute approximate surface area is 263 Å². The quantitative estimate of drug-likeness (QED) is 0.125. The van der Waals surface area contributed by atoms with Crippen LogP contribution in [0.15, 0.2) is 24.3 Å². The molecule has 1 aromatic rings. The van der Waals surface area contributed by atoms with Gasteiger partial charge in [-0.25, -0.2) is 0 Å². The molecule has 0 bridgehead atoms. The highest BCUT2D eigenvalue weighted by molar-refractivity contribution is 8.76. The first-order chi connectivity index (χ1) is 19.1. The lowest BCUT2D eigenvalue weighted by molar-refractivity contribution is -0.163. The third-order valence-corrected chi connectivity index (χ3v) is 8.97. The van der Waals surface area contributed by atoms with Gasteiger partial charge in [0.1, 0.15) is 0 Å². The van der Waals surface area contributed by atoms with Gasteiger partial charge in [0.05, 0.1) is 0 Å². The normalized spacial score (nSPS) is 16.1. The number of hydrogen-bond donors (Lipinski definition) is 0. The van der Waals surface area contributed by atoms with Crippen molar-refractivity contribution in [1.82, 2.24) is 0 Å². The van der Waals surface area contributed by atoms with E-state index in [4.69, 9.17) is 18.9 Å². The Morgan fingerprint density at radius 3 is 1.85 bits per heavy atom. The molecule has 1 saturated heterocycles. The van der Waals surface area contributed by atoms with Gasteiger partial charge in [-0.2, -0.15) is 0 Å². The van der Waals surface area contributed by atoms with Gasteiger partial charge < -0.3 is 18.9 Å². The standard InChI is InChI=1S/C15H24O2.C12H24O2.C8H18S2/c1-15(2,3)11-10-12-6-8-13(9-7-12)14(16-4)17-5;1-12(2,3)8-6-10-14-11-7-4-5-9-13-11;1-5-9-10-7-6-8(2,3)4/h6-9,14H,10-11H2,1-5H3;11H,4-10H2,1-3H3;5-7H2,1-4H3. The predicted molar refractivity (Wildman–Crippen MR) is 184 cm³/mol. The van der Waals surface area contributed by atoms with Crippen LogP contribution in [0.1, 0.15) is 132 Å². The molecule has 0 saturated carbocycles. The van der Waals surface area contributed by atoms with Crippen LogP contribution < -0.4 is 0 Å². The monoisotopic (exact) mass is 614 g/mol. The molecular weight excluding hydrogens is 549 g/mol. The summed E-state index contributed by atoms with van der Waals surface area (Å²) in [5, 5.41) is 0. The van der Waals surface area contributed by atoms with Crippen LogP contribution in [0.25, 0.3) is 0 Å². The van der Waals surface area contributed by atoms with Gasteiger partial charge in [-0.15, -0.1) is 0 Å². The van der Waals surface area contributed by atoms with Crippen molar-refractivity contribution < 1.29 is 18.9 Å². The maximum atomic E-state index is 5.66. The molecule has 1 aliphatic heterocycles. The Morgan fingerprint density at radius 1 is 0.805 bits per heavy atom. The van der Waals surface area contributed by atoms with Crippen LogP contribution in [0.2, 0.25) is 0 Å². The molecule has 0 aliphatic carbocycles. The van der Waals surface area contributed by atoms with E-state index in [-0.39, 0.29) is 12.6 Å². The third-order valence-electron chi connectivity index (χ3n) is 6.49. The minimum Gasteiger partial charge on any atom is -0.353 e. The van der Waals surface area contributed by atoms with Crippen molar-refractivity contribution in [1.29, 1.82) is 0 Å². The number of hydrogen-bond acceptors (Lipinski definition) is 6. The van der Waals surface area contributed by atoms with Crippen molar-refractivity contribution in [3.8, 4) is 0 Å². The van der Waals surface area contributed by atoms with Gasteiger partial charge in [-0.3, -0.25) is 0 Å². The summed E-state index contributed by atoms with van der Waals surface area (Å²) < 4.78 is 21.6. The van der Waals surface area contributed by atoms with E-state index < -0.39 is 0 Å². The maximum absolute atomic E-state index is 5.66. The maximum Gasteiger partial charge on any atom is 0.183 e. The van der Waals surface area contributed by atoms with Gasteiger partial charge in [0, 0.05) is 44.5 Å². The molecule has 0 N–H and O–H groups in total. The van der Waals surface area contributed by atoms with E-state index in [0.29, 0.717) is 16.2 Å². The molecule has 242 valence electrons. The summed E-state index contributed by atoms with van der Waals surface area (Å²) in [5.74, 6) is 2.52. The van der Waals surface area contributed by atoms with Crippen molar-refractivity contribution in [3.05, 3.63) is 35.4 Å². The Kier molecular flexibility index (Phi) is 22.2. The second-order valence-corrected chi connectivity index (χ2v) is 17.3. The minimum absolute atomic E-state index is 0.0868. The molecule has 0 radical (unpaired) electrons. The largest absolute Gasteiger partial charge is 0.353 e. The van der Waals surface area contributed by atoms with E-state index >= 15 is 0 Å². The number of ether oxygens (including phenoxy) is 4. The fourth-order valence-electron chi connectivity index (χ4n) is 3.88.